The van der Waals surface area contributed by atoms with Crippen LogP contribution in [-0.4, -0.2) is 24.0 Å². The molecular weight excluding hydrogens is 321 g/mol. The fraction of sp³-hybridized carbons (Fsp3) is 0.250. The predicted octanol–water partition coefficient (Wildman–Crippen LogP) is 2.56. The highest BCUT2D eigenvalue weighted by atomic mass is 35.5. The maximum absolute atomic E-state index is 12.3. The summed E-state index contributed by atoms with van der Waals surface area (Å²) in [4.78, 5) is 3.88. The van der Waals surface area contributed by atoms with E-state index in [1.165, 1.54) is 12.1 Å². The summed E-state index contributed by atoms with van der Waals surface area (Å²) >= 11 is 11.8. The van der Waals surface area contributed by atoms with E-state index in [1.54, 1.807) is 36.3 Å². The number of imidazole rings is 1. The molecule has 0 radical (unpaired) electrons. The average Bonchev–Trinajstić information content (AvgIpc) is 2.84. The molecule has 0 aliphatic carbocycles. The van der Waals surface area contributed by atoms with E-state index in [4.69, 9.17) is 23.2 Å². The summed E-state index contributed by atoms with van der Waals surface area (Å²) in [5.41, 5.74) is 0. The van der Waals surface area contributed by atoms with Gasteiger partial charge in [-0.3, -0.25) is 0 Å². The Bertz CT molecular complexity index is 687. The molecule has 0 saturated carbocycles. The monoisotopic (exact) mass is 333 g/mol. The van der Waals surface area contributed by atoms with Crippen molar-refractivity contribution in [2.75, 3.05) is 0 Å². The summed E-state index contributed by atoms with van der Waals surface area (Å²) in [6.45, 7) is 2.23. The van der Waals surface area contributed by atoms with Crippen LogP contribution < -0.4 is 4.72 Å². The molecule has 5 nitrogen and oxygen atoms in total. The Hall–Kier alpha value is -1.08. The second kappa shape index (κ2) is 6.13. The Morgan fingerprint density at radius 3 is 2.80 bits per heavy atom. The minimum Gasteiger partial charge on any atom is -0.336 e. The van der Waals surface area contributed by atoms with E-state index in [9.17, 15) is 8.42 Å². The molecule has 0 unspecified atom stereocenters. The van der Waals surface area contributed by atoms with Gasteiger partial charge in [-0.25, -0.2) is 18.1 Å². The Labute approximate surface area is 127 Å². The van der Waals surface area contributed by atoms with Crippen LogP contribution in [0.15, 0.2) is 41.8 Å². The summed E-state index contributed by atoms with van der Waals surface area (Å²) in [6.07, 6.45) is 5.02. The van der Waals surface area contributed by atoms with Crippen LogP contribution in [0, 0.1) is 0 Å². The molecule has 0 fully saturated rings. The third kappa shape index (κ3) is 3.52. The van der Waals surface area contributed by atoms with Crippen molar-refractivity contribution in [3.8, 4) is 0 Å². The molecule has 2 rings (SSSR count). The average molecular weight is 334 g/mol. The quantitative estimate of drug-likeness (QED) is 0.914. The minimum absolute atomic E-state index is 0.0239. The van der Waals surface area contributed by atoms with E-state index in [-0.39, 0.29) is 21.0 Å². The SMILES string of the molecule is C[C@H](Cn1ccnc1)NS(=O)(=O)c1cccc(Cl)c1Cl. The van der Waals surface area contributed by atoms with Crippen LogP contribution in [0.2, 0.25) is 10.0 Å². The molecule has 1 atom stereocenters. The topological polar surface area (TPSA) is 64.0 Å². The molecular formula is C12H13Cl2N3O2S. The van der Waals surface area contributed by atoms with Gasteiger partial charge >= 0.3 is 0 Å². The number of nitrogens with zero attached hydrogens (tertiary/aromatic N) is 2. The normalized spacial score (nSPS) is 13.3. The van der Waals surface area contributed by atoms with E-state index in [1.807, 2.05) is 0 Å². The third-order valence-electron chi connectivity index (χ3n) is 2.61. The molecule has 1 aromatic heterocycles. The molecule has 1 N–H and O–H groups in total. The number of halogens is 2. The van der Waals surface area contributed by atoms with Crippen molar-refractivity contribution < 1.29 is 8.42 Å². The Morgan fingerprint density at radius 1 is 1.40 bits per heavy atom. The lowest BCUT2D eigenvalue weighted by Crippen LogP contribution is -2.35. The zero-order valence-corrected chi connectivity index (χ0v) is 13.0. The number of sulfonamides is 1. The first-order chi connectivity index (χ1) is 9.40. The molecule has 1 heterocycles. The minimum atomic E-state index is -3.72. The lowest BCUT2D eigenvalue weighted by Gasteiger charge is -2.15. The fourth-order valence-electron chi connectivity index (χ4n) is 1.77. The van der Waals surface area contributed by atoms with Crippen LogP contribution in [0.4, 0.5) is 0 Å². The molecule has 0 saturated heterocycles. The first-order valence-electron chi connectivity index (χ1n) is 5.82. The number of nitrogens with one attached hydrogen (secondary N) is 1. The van der Waals surface area contributed by atoms with E-state index in [0.29, 0.717) is 6.54 Å². The molecule has 0 aliphatic rings. The second-order valence-electron chi connectivity index (χ2n) is 4.33. The standard InChI is InChI=1S/C12H13Cl2N3O2S/c1-9(7-17-6-5-15-8-17)16-20(18,19)11-4-2-3-10(13)12(11)14/h2-6,8-9,16H,7H2,1H3/t9-/m1/s1. The van der Waals surface area contributed by atoms with Crippen molar-refractivity contribution in [2.45, 2.75) is 24.4 Å². The van der Waals surface area contributed by atoms with Crippen molar-refractivity contribution in [1.29, 1.82) is 0 Å². The summed E-state index contributed by atoms with van der Waals surface area (Å²) in [5.74, 6) is 0. The smallest absolute Gasteiger partial charge is 0.242 e. The second-order valence-corrected chi connectivity index (χ2v) is 6.80. The molecule has 20 heavy (non-hydrogen) atoms. The zero-order chi connectivity index (χ0) is 14.8. The molecule has 108 valence electrons. The highest BCUT2D eigenvalue weighted by molar-refractivity contribution is 7.89. The van der Waals surface area contributed by atoms with Gasteiger partial charge in [-0.1, -0.05) is 29.3 Å². The van der Waals surface area contributed by atoms with Crippen molar-refractivity contribution in [3.05, 3.63) is 47.0 Å². The molecule has 0 bridgehead atoms. The summed E-state index contributed by atoms with van der Waals surface area (Å²) in [5, 5.41) is 0.230. The van der Waals surface area contributed by atoms with Gasteiger partial charge in [0.1, 0.15) is 4.90 Å². The Morgan fingerprint density at radius 2 is 2.15 bits per heavy atom. The van der Waals surface area contributed by atoms with Crippen LogP contribution in [0.3, 0.4) is 0 Å². The van der Waals surface area contributed by atoms with Crippen LogP contribution in [-0.2, 0) is 16.6 Å². The van der Waals surface area contributed by atoms with Gasteiger partial charge in [-0.05, 0) is 19.1 Å². The van der Waals surface area contributed by atoms with Crippen molar-refractivity contribution in [2.24, 2.45) is 0 Å². The Kier molecular flexibility index (Phi) is 4.70. The van der Waals surface area contributed by atoms with Crippen molar-refractivity contribution >= 4 is 33.2 Å². The van der Waals surface area contributed by atoms with Gasteiger partial charge in [0, 0.05) is 25.0 Å². The van der Waals surface area contributed by atoms with Crippen molar-refractivity contribution in [1.82, 2.24) is 14.3 Å². The van der Waals surface area contributed by atoms with Crippen LogP contribution in [0.1, 0.15) is 6.92 Å². The van der Waals surface area contributed by atoms with Gasteiger partial charge in [-0.2, -0.15) is 0 Å². The zero-order valence-electron chi connectivity index (χ0n) is 10.6. The highest BCUT2D eigenvalue weighted by Gasteiger charge is 2.21. The highest BCUT2D eigenvalue weighted by Crippen LogP contribution is 2.28. The van der Waals surface area contributed by atoms with Gasteiger partial charge in [0.25, 0.3) is 0 Å². The van der Waals surface area contributed by atoms with E-state index in [0.717, 1.165) is 0 Å². The van der Waals surface area contributed by atoms with Gasteiger partial charge in [0.15, 0.2) is 0 Å². The maximum atomic E-state index is 12.3. The van der Waals surface area contributed by atoms with E-state index in [2.05, 4.69) is 9.71 Å². The van der Waals surface area contributed by atoms with Gasteiger partial charge < -0.3 is 4.57 Å². The predicted molar refractivity (Wildman–Crippen MR) is 78.5 cm³/mol. The number of aromatic nitrogens is 2. The number of benzene rings is 1. The first kappa shape index (κ1) is 15.3. The molecule has 0 spiro atoms. The summed E-state index contributed by atoms with van der Waals surface area (Å²) < 4.78 is 28.9. The van der Waals surface area contributed by atoms with Crippen LogP contribution in [0.25, 0.3) is 0 Å². The Balaban J connectivity index is 2.16. The molecule has 8 heteroatoms. The van der Waals surface area contributed by atoms with Gasteiger partial charge in [0.05, 0.1) is 16.4 Å². The molecule has 2 aromatic rings. The van der Waals surface area contributed by atoms with Gasteiger partial charge in [0.2, 0.25) is 10.0 Å². The summed E-state index contributed by atoms with van der Waals surface area (Å²) in [7, 11) is -3.72. The first-order valence-corrected chi connectivity index (χ1v) is 8.06. The molecule has 1 aromatic carbocycles. The van der Waals surface area contributed by atoms with Crippen LogP contribution in [0.5, 0.6) is 0 Å². The number of hydrogen-bond acceptors (Lipinski definition) is 3. The van der Waals surface area contributed by atoms with Gasteiger partial charge in [-0.15, -0.1) is 0 Å². The number of hydrogen-bond donors (Lipinski definition) is 1. The van der Waals surface area contributed by atoms with Crippen LogP contribution >= 0.6 is 23.2 Å². The molecule has 0 amide bonds. The fourth-order valence-corrected chi connectivity index (χ4v) is 3.76. The lowest BCUT2D eigenvalue weighted by molar-refractivity contribution is 0.520. The van der Waals surface area contributed by atoms with E-state index >= 15 is 0 Å². The largest absolute Gasteiger partial charge is 0.336 e. The maximum Gasteiger partial charge on any atom is 0.242 e. The third-order valence-corrected chi connectivity index (χ3v) is 5.17. The lowest BCUT2D eigenvalue weighted by atomic mass is 10.4. The number of rotatable bonds is 5. The van der Waals surface area contributed by atoms with Crippen molar-refractivity contribution in [3.63, 3.8) is 0 Å². The molecule has 0 aliphatic heterocycles. The van der Waals surface area contributed by atoms with E-state index < -0.39 is 10.0 Å². The summed E-state index contributed by atoms with van der Waals surface area (Å²) in [6, 6.07) is 4.19.